The minimum absolute atomic E-state index is 0.0739. The third-order valence-corrected chi connectivity index (χ3v) is 5.49. The fraction of sp³-hybridized carbons (Fsp3) is 0.824. The van der Waals surface area contributed by atoms with Crippen LogP contribution in [0.3, 0.4) is 0 Å². The molecule has 0 aromatic rings. The number of ether oxygens (including phenoxy) is 1. The van der Waals surface area contributed by atoms with Gasteiger partial charge in [0.1, 0.15) is 6.10 Å². The SMILES string of the molecule is CC(=O)O[C@@H]1CC[C@](C)(O)[C@@H]2CC(C(C)C)=CC[C@]21C. The first-order valence-corrected chi connectivity index (χ1v) is 7.75. The van der Waals surface area contributed by atoms with Crippen LogP contribution in [0.2, 0.25) is 0 Å². The van der Waals surface area contributed by atoms with Crippen molar-refractivity contribution >= 4 is 5.97 Å². The van der Waals surface area contributed by atoms with Crippen molar-refractivity contribution < 1.29 is 14.6 Å². The zero-order chi connectivity index (χ0) is 15.1. The van der Waals surface area contributed by atoms with Crippen molar-refractivity contribution in [2.24, 2.45) is 17.3 Å². The van der Waals surface area contributed by atoms with Gasteiger partial charge in [-0.1, -0.05) is 32.4 Å². The molecule has 2 rings (SSSR count). The van der Waals surface area contributed by atoms with Crippen LogP contribution in [0, 0.1) is 17.3 Å². The van der Waals surface area contributed by atoms with Crippen LogP contribution in [0.5, 0.6) is 0 Å². The maximum absolute atomic E-state index is 11.4. The summed E-state index contributed by atoms with van der Waals surface area (Å²) in [5.74, 6) is 0.468. The highest BCUT2D eigenvalue weighted by Crippen LogP contribution is 2.55. The van der Waals surface area contributed by atoms with Gasteiger partial charge in [0.25, 0.3) is 0 Å². The Bertz CT molecular complexity index is 422. The van der Waals surface area contributed by atoms with Crippen molar-refractivity contribution in [1.82, 2.24) is 0 Å². The van der Waals surface area contributed by atoms with Gasteiger partial charge in [0, 0.05) is 18.3 Å². The summed E-state index contributed by atoms with van der Waals surface area (Å²) < 4.78 is 5.57. The molecular formula is C17H28O3. The van der Waals surface area contributed by atoms with Crippen LogP contribution < -0.4 is 0 Å². The third-order valence-electron chi connectivity index (χ3n) is 5.49. The summed E-state index contributed by atoms with van der Waals surface area (Å²) in [6.07, 6.45) is 5.49. The van der Waals surface area contributed by atoms with Gasteiger partial charge in [0.2, 0.25) is 0 Å². The van der Waals surface area contributed by atoms with E-state index in [0.717, 1.165) is 19.3 Å². The van der Waals surface area contributed by atoms with Crippen molar-refractivity contribution in [3.05, 3.63) is 11.6 Å². The molecule has 0 aromatic heterocycles. The number of rotatable bonds is 2. The molecule has 0 saturated heterocycles. The van der Waals surface area contributed by atoms with E-state index in [2.05, 4.69) is 26.8 Å². The monoisotopic (exact) mass is 280 g/mol. The van der Waals surface area contributed by atoms with Crippen LogP contribution in [0.1, 0.15) is 60.3 Å². The first kappa shape index (κ1) is 15.6. The van der Waals surface area contributed by atoms with E-state index >= 15 is 0 Å². The molecule has 4 atom stereocenters. The zero-order valence-corrected chi connectivity index (χ0v) is 13.4. The molecular weight excluding hydrogens is 252 g/mol. The molecule has 20 heavy (non-hydrogen) atoms. The lowest BCUT2D eigenvalue weighted by Gasteiger charge is -2.55. The Morgan fingerprint density at radius 3 is 2.65 bits per heavy atom. The van der Waals surface area contributed by atoms with Gasteiger partial charge in [-0.2, -0.15) is 0 Å². The molecule has 0 aliphatic heterocycles. The topological polar surface area (TPSA) is 46.5 Å². The lowest BCUT2D eigenvalue weighted by molar-refractivity contribution is -0.184. The smallest absolute Gasteiger partial charge is 0.302 e. The van der Waals surface area contributed by atoms with Gasteiger partial charge in [0.05, 0.1) is 5.60 Å². The number of carbonyl (C=O) groups excluding carboxylic acids is 1. The Morgan fingerprint density at radius 1 is 1.45 bits per heavy atom. The quantitative estimate of drug-likeness (QED) is 0.622. The highest BCUT2D eigenvalue weighted by Gasteiger charge is 2.55. The minimum atomic E-state index is -0.667. The van der Waals surface area contributed by atoms with Crippen molar-refractivity contribution in [3.63, 3.8) is 0 Å². The van der Waals surface area contributed by atoms with E-state index in [0.29, 0.717) is 12.3 Å². The largest absolute Gasteiger partial charge is 0.462 e. The second-order valence-corrected chi connectivity index (χ2v) is 7.39. The summed E-state index contributed by atoms with van der Waals surface area (Å²) in [6, 6.07) is 0. The Morgan fingerprint density at radius 2 is 2.10 bits per heavy atom. The number of hydrogen-bond donors (Lipinski definition) is 1. The number of allylic oxidation sites excluding steroid dienone is 2. The highest BCUT2D eigenvalue weighted by atomic mass is 16.5. The van der Waals surface area contributed by atoms with Crippen molar-refractivity contribution in [1.29, 1.82) is 0 Å². The van der Waals surface area contributed by atoms with Crippen LogP contribution in [0.15, 0.2) is 11.6 Å². The van der Waals surface area contributed by atoms with Gasteiger partial charge in [0.15, 0.2) is 0 Å². The molecule has 0 spiro atoms. The Balaban J connectivity index is 2.33. The lowest BCUT2D eigenvalue weighted by Crippen LogP contribution is -2.57. The Hall–Kier alpha value is -0.830. The van der Waals surface area contributed by atoms with Gasteiger partial charge in [-0.25, -0.2) is 0 Å². The molecule has 0 amide bonds. The molecule has 1 fully saturated rings. The van der Waals surface area contributed by atoms with Crippen molar-refractivity contribution in [3.8, 4) is 0 Å². The number of hydrogen-bond acceptors (Lipinski definition) is 3. The average molecular weight is 280 g/mol. The fourth-order valence-corrected chi connectivity index (χ4v) is 4.12. The molecule has 0 radical (unpaired) electrons. The van der Waals surface area contributed by atoms with E-state index in [1.165, 1.54) is 12.5 Å². The maximum atomic E-state index is 11.4. The number of carbonyl (C=O) groups is 1. The minimum Gasteiger partial charge on any atom is -0.462 e. The molecule has 3 heteroatoms. The molecule has 0 unspecified atom stereocenters. The van der Waals surface area contributed by atoms with E-state index in [1.807, 2.05) is 6.92 Å². The van der Waals surface area contributed by atoms with Crippen LogP contribution in [0.4, 0.5) is 0 Å². The van der Waals surface area contributed by atoms with Crippen molar-refractivity contribution in [2.75, 3.05) is 0 Å². The van der Waals surface area contributed by atoms with E-state index < -0.39 is 5.60 Å². The van der Waals surface area contributed by atoms with Gasteiger partial charge in [-0.05, 0) is 38.5 Å². The fourth-order valence-electron chi connectivity index (χ4n) is 4.12. The van der Waals surface area contributed by atoms with Gasteiger partial charge in [-0.3, -0.25) is 4.79 Å². The lowest BCUT2D eigenvalue weighted by atomic mass is 9.54. The molecule has 3 nitrogen and oxygen atoms in total. The van der Waals surface area contributed by atoms with Gasteiger partial charge < -0.3 is 9.84 Å². The predicted molar refractivity (Wildman–Crippen MR) is 79.2 cm³/mol. The summed E-state index contributed by atoms with van der Waals surface area (Å²) >= 11 is 0. The predicted octanol–water partition coefficient (Wildman–Crippen LogP) is 3.46. The maximum Gasteiger partial charge on any atom is 0.302 e. The normalized spacial score (nSPS) is 41.0. The van der Waals surface area contributed by atoms with Crippen LogP contribution in [0.25, 0.3) is 0 Å². The molecule has 0 aromatic carbocycles. The Kier molecular flexibility index (Phi) is 4.03. The molecule has 1 N–H and O–H groups in total. The standard InChI is InChI=1S/C17H28O3/c1-11(2)13-6-8-16(4)14(10-13)17(5,19)9-7-15(16)20-12(3)18/h6,11,14-15,19H,7-10H2,1-5H3/t14-,15-,16-,17+/m1/s1. The van der Waals surface area contributed by atoms with Crippen molar-refractivity contribution in [2.45, 2.75) is 72.0 Å². The first-order valence-electron chi connectivity index (χ1n) is 7.75. The van der Waals surface area contributed by atoms with Gasteiger partial charge in [-0.15, -0.1) is 0 Å². The van der Waals surface area contributed by atoms with E-state index in [9.17, 15) is 9.90 Å². The zero-order valence-electron chi connectivity index (χ0n) is 13.4. The van der Waals surface area contributed by atoms with Crippen LogP contribution >= 0.6 is 0 Å². The van der Waals surface area contributed by atoms with E-state index in [-0.39, 0.29) is 23.4 Å². The second-order valence-electron chi connectivity index (χ2n) is 7.39. The van der Waals surface area contributed by atoms with E-state index in [1.54, 1.807) is 0 Å². The third kappa shape index (κ3) is 2.65. The Labute approximate surface area is 122 Å². The summed E-state index contributed by atoms with van der Waals surface area (Å²) in [5.41, 5.74) is 0.613. The first-order chi connectivity index (χ1) is 9.17. The molecule has 0 heterocycles. The number of fused-ring (bicyclic) bond motifs is 1. The number of esters is 1. The highest BCUT2D eigenvalue weighted by molar-refractivity contribution is 5.66. The van der Waals surface area contributed by atoms with Crippen LogP contribution in [-0.2, 0) is 9.53 Å². The van der Waals surface area contributed by atoms with E-state index in [4.69, 9.17) is 4.74 Å². The summed E-state index contributed by atoms with van der Waals surface area (Å²) in [6.45, 7) is 10.0. The molecule has 114 valence electrons. The van der Waals surface area contributed by atoms with Crippen LogP contribution in [-0.4, -0.2) is 22.8 Å². The van der Waals surface area contributed by atoms with Gasteiger partial charge >= 0.3 is 5.97 Å². The summed E-state index contributed by atoms with van der Waals surface area (Å²) in [7, 11) is 0. The molecule has 1 saturated carbocycles. The molecule has 2 aliphatic carbocycles. The molecule has 2 aliphatic rings. The summed E-state index contributed by atoms with van der Waals surface area (Å²) in [4.78, 5) is 11.4. The summed E-state index contributed by atoms with van der Waals surface area (Å²) in [5, 5.41) is 10.8. The second kappa shape index (κ2) is 5.18. The average Bonchev–Trinajstić information content (AvgIpc) is 2.32. The number of aliphatic hydroxyl groups is 1. The molecule has 0 bridgehead atoms.